The molecule has 5 rings (SSSR count). The van der Waals surface area contributed by atoms with Gasteiger partial charge in [-0.05, 0) is 50.2 Å². The lowest BCUT2D eigenvalue weighted by Gasteiger charge is -2.46. The van der Waals surface area contributed by atoms with Gasteiger partial charge in [0.05, 0.1) is 6.04 Å². The number of unbranched alkanes of at least 4 members (excludes halogenated alkanes) is 1. The fraction of sp³-hybridized carbons (Fsp3) is 0.759. The summed E-state index contributed by atoms with van der Waals surface area (Å²) in [5, 5.41) is 0. The first-order chi connectivity index (χ1) is 17.6. The molecule has 4 heterocycles. The number of carbonyl (C=O) groups is 2. The molecule has 1 unspecified atom stereocenters. The van der Waals surface area contributed by atoms with Gasteiger partial charge in [-0.15, -0.1) is 0 Å². The Morgan fingerprint density at radius 3 is 2.47 bits per heavy atom. The molecule has 3 aliphatic heterocycles. The zero-order chi connectivity index (χ0) is 25.0. The van der Waals surface area contributed by atoms with Gasteiger partial charge in [-0.3, -0.25) is 14.7 Å². The van der Waals surface area contributed by atoms with Crippen LogP contribution >= 0.6 is 0 Å². The minimum atomic E-state index is -0.312. The number of ether oxygens (including phenoxy) is 1. The standard InChI is InChI=1S/C29H44N4O3/c1-2-3-12-26-29(36-28(35)33(26)22-23-9-5-4-6-10-23)15-20-31(21-16-29)24-13-18-32(19-14-24)27(34)25-11-7-8-17-30-25/h7-8,11,17,23-24,26H,2-6,9-10,12-16,18-22H2,1H3. The summed E-state index contributed by atoms with van der Waals surface area (Å²) >= 11 is 0. The Kier molecular flexibility index (Phi) is 8.14. The van der Waals surface area contributed by atoms with Gasteiger partial charge in [-0.1, -0.05) is 45.1 Å². The Labute approximate surface area is 216 Å². The third kappa shape index (κ3) is 5.41. The molecule has 0 radical (unpaired) electrons. The Balaban J connectivity index is 1.17. The Morgan fingerprint density at radius 2 is 1.81 bits per heavy atom. The van der Waals surface area contributed by atoms with E-state index in [9.17, 15) is 9.59 Å². The van der Waals surface area contributed by atoms with Gasteiger partial charge in [0.1, 0.15) is 11.3 Å². The molecule has 1 saturated carbocycles. The van der Waals surface area contributed by atoms with Crippen molar-refractivity contribution in [3.8, 4) is 0 Å². The maximum Gasteiger partial charge on any atom is 0.410 e. The van der Waals surface area contributed by atoms with Crippen LogP contribution in [0.15, 0.2) is 24.4 Å². The highest BCUT2D eigenvalue weighted by Gasteiger charge is 2.55. The van der Waals surface area contributed by atoms with Crippen LogP contribution in [0.3, 0.4) is 0 Å². The molecule has 1 spiro atoms. The molecule has 198 valence electrons. The highest BCUT2D eigenvalue weighted by molar-refractivity contribution is 5.92. The molecule has 1 aromatic rings. The van der Waals surface area contributed by atoms with Crippen LogP contribution in [0.25, 0.3) is 0 Å². The van der Waals surface area contributed by atoms with E-state index >= 15 is 0 Å². The molecule has 3 saturated heterocycles. The van der Waals surface area contributed by atoms with Gasteiger partial charge in [0.15, 0.2) is 0 Å². The molecule has 2 amide bonds. The van der Waals surface area contributed by atoms with E-state index < -0.39 is 0 Å². The number of piperidine rings is 2. The van der Waals surface area contributed by atoms with E-state index in [4.69, 9.17) is 4.74 Å². The van der Waals surface area contributed by atoms with Crippen LogP contribution in [-0.4, -0.2) is 82.1 Å². The normalized spacial score (nSPS) is 25.9. The van der Waals surface area contributed by atoms with E-state index in [1.165, 1.54) is 32.1 Å². The first kappa shape index (κ1) is 25.5. The Hall–Kier alpha value is -2.15. The van der Waals surface area contributed by atoms with E-state index in [0.717, 1.165) is 77.7 Å². The van der Waals surface area contributed by atoms with Crippen LogP contribution in [0, 0.1) is 5.92 Å². The average molecular weight is 497 g/mol. The number of nitrogens with zero attached hydrogens (tertiary/aromatic N) is 4. The van der Waals surface area contributed by atoms with Crippen molar-refractivity contribution in [3.63, 3.8) is 0 Å². The monoisotopic (exact) mass is 496 g/mol. The number of pyridine rings is 1. The molecule has 1 aromatic heterocycles. The highest BCUT2D eigenvalue weighted by Crippen LogP contribution is 2.42. The second-order valence-corrected chi connectivity index (χ2v) is 11.5. The molecule has 1 aliphatic carbocycles. The van der Waals surface area contributed by atoms with E-state index in [0.29, 0.717) is 17.7 Å². The Bertz CT molecular complexity index is 872. The van der Waals surface area contributed by atoms with E-state index in [1.807, 2.05) is 17.0 Å². The van der Waals surface area contributed by atoms with Crippen molar-refractivity contribution in [2.24, 2.45) is 5.92 Å². The summed E-state index contributed by atoms with van der Waals surface area (Å²) in [5.41, 5.74) is 0.224. The van der Waals surface area contributed by atoms with Crippen molar-refractivity contribution in [1.29, 1.82) is 0 Å². The predicted octanol–water partition coefficient (Wildman–Crippen LogP) is 5.11. The molecule has 0 bridgehead atoms. The van der Waals surface area contributed by atoms with Crippen molar-refractivity contribution in [3.05, 3.63) is 30.1 Å². The van der Waals surface area contributed by atoms with Gasteiger partial charge in [-0.2, -0.15) is 0 Å². The third-order valence-corrected chi connectivity index (χ3v) is 9.32. The lowest BCUT2D eigenvalue weighted by atomic mass is 9.80. The smallest absolute Gasteiger partial charge is 0.410 e. The van der Waals surface area contributed by atoms with Gasteiger partial charge < -0.3 is 14.5 Å². The topological polar surface area (TPSA) is 66.0 Å². The molecule has 7 heteroatoms. The number of aromatic nitrogens is 1. The highest BCUT2D eigenvalue weighted by atomic mass is 16.6. The number of rotatable bonds is 7. The van der Waals surface area contributed by atoms with E-state index in [1.54, 1.807) is 12.3 Å². The summed E-state index contributed by atoms with van der Waals surface area (Å²) in [6.45, 7) is 6.65. The summed E-state index contributed by atoms with van der Waals surface area (Å²) in [6, 6.07) is 6.24. The molecule has 4 aliphatic rings. The van der Waals surface area contributed by atoms with Gasteiger partial charge in [-0.25, -0.2) is 4.79 Å². The lowest BCUT2D eigenvalue weighted by molar-refractivity contribution is -0.0386. The summed E-state index contributed by atoms with van der Waals surface area (Å²) in [6.07, 6.45) is 15.3. The lowest BCUT2D eigenvalue weighted by Crippen LogP contribution is -2.56. The quantitative estimate of drug-likeness (QED) is 0.525. The molecule has 1 atom stereocenters. The number of hydrogen-bond acceptors (Lipinski definition) is 5. The SMILES string of the molecule is CCCCC1N(CC2CCCCC2)C(=O)OC12CCN(C1CCN(C(=O)c3ccccn3)CC1)CC2. The maximum atomic E-state index is 13.1. The van der Waals surface area contributed by atoms with Crippen LogP contribution < -0.4 is 0 Å². The molecule has 0 N–H and O–H groups in total. The number of amides is 2. The third-order valence-electron chi connectivity index (χ3n) is 9.32. The Morgan fingerprint density at radius 1 is 1.06 bits per heavy atom. The fourth-order valence-corrected chi connectivity index (χ4v) is 7.17. The van der Waals surface area contributed by atoms with Gasteiger partial charge in [0, 0.05) is 57.8 Å². The predicted molar refractivity (Wildman–Crippen MR) is 140 cm³/mol. The molecule has 7 nitrogen and oxygen atoms in total. The largest absolute Gasteiger partial charge is 0.440 e. The molecule has 36 heavy (non-hydrogen) atoms. The van der Waals surface area contributed by atoms with Crippen LogP contribution in [-0.2, 0) is 4.74 Å². The zero-order valence-electron chi connectivity index (χ0n) is 22.1. The van der Waals surface area contributed by atoms with Crippen molar-refractivity contribution in [2.45, 2.75) is 102 Å². The number of hydrogen-bond donors (Lipinski definition) is 0. The van der Waals surface area contributed by atoms with E-state index in [-0.39, 0.29) is 23.6 Å². The molecular weight excluding hydrogens is 452 g/mol. The molecular formula is C29H44N4O3. The second kappa shape index (κ2) is 11.5. The fourth-order valence-electron chi connectivity index (χ4n) is 7.17. The van der Waals surface area contributed by atoms with Crippen molar-refractivity contribution in [2.75, 3.05) is 32.7 Å². The van der Waals surface area contributed by atoms with Gasteiger partial charge >= 0.3 is 6.09 Å². The summed E-state index contributed by atoms with van der Waals surface area (Å²) in [4.78, 5) is 36.8. The minimum absolute atomic E-state index is 0.0429. The summed E-state index contributed by atoms with van der Waals surface area (Å²) in [5.74, 6) is 0.686. The number of carbonyl (C=O) groups excluding carboxylic acids is 2. The van der Waals surface area contributed by atoms with E-state index in [2.05, 4.69) is 21.7 Å². The van der Waals surface area contributed by atoms with Crippen molar-refractivity contribution >= 4 is 12.0 Å². The minimum Gasteiger partial charge on any atom is -0.440 e. The van der Waals surface area contributed by atoms with Gasteiger partial charge in [0.2, 0.25) is 0 Å². The second-order valence-electron chi connectivity index (χ2n) is 11.5. The first-order valence-corrected chi connectivity index (χ1v) is 14.5. The average Bonchev–Trinajstić information content (AvgIpc) is 3.18. The zero-order valence-corrected chi connectivity index (χ0v) is 22.1. The van der Waals surface area contributed by atoms with Crippen LogP contribution in [0.4, 0.5) is 4.79 Å². The van der Waals surface area contributed by atoms with Crippen molar-refractivity contribution < 1.29 is 14.3 Å². The van der Waals surface area contributed by atoms with Gasteiger partial charge in [0.25, 0.3) is 5.91 Å². The number of likely N-dealkylation sites (tertiary alicyclic amines) is 2. The van der Waals surface area contributed by atoms with Crippen LogP contribution in [0.5, 0.6) is 0 Å². The van der Waals surface area contributed by atoms with Crippen LogP contribution in [0.1, 0.15) is 94.5 Å². The summed E-state index contributed by atoms with van der Waals surface area (Å²) in [7, 11) is 0. The van der Waals surface area contributed by atoms with Crippen molar-refractivity contribution in [1.82, 2.24) is 19.7 Å². The van der Waals surface area contributed by atoms with Crippen LogP contribution in [0.2, 0.25) is 0 Å². The molecule has 4 fully saturated rings. The first-order valence-electron chi connectivity index (χ1n) is 14.5. The molecule has 0 aromatic carbocycles. The summed E-state index contributed by atoms with van der Waals surface area (Å²) < 4.78 is 6.29. The maximum absolute atomic E-state index is 13.1.